The van der Waals surface area contributed by atoms with Crippen LogP contribution in [0.15, 0.2) is 66.1 Å². The lowest BCUT2D eigenvalue weighted by atomic mass is 10.1. The number of hydrogen-bond donors (Lipinski definition) is 1. The van der Waals surface area contributed by atoms with E-state index in [1.165, 1.54) is 11.8 Å². The monoisotopic (exact) mass is 372 g/mol. The Labute approximate surface area is 155 Å². The standard InChI is InChI=1S/C18H17ClN4OS/c1-13(15-9-5-6-10-16(15)19)21-17(24)11-25-18-22-20-12-23(18)14-7-3-2-4-8-14/h2-10,12-13H,11H2,1H3,(H,21,24)/t13-/m1/s1. The number of carbonyl (C=O) groups is 1. The number of carbonyl (C=O) groups excluding carboxylic acids is 1. The van der Waals surface area contributed by atoms with Crippen LogP contribution in [0.4, 0.5) is 0 Å². The maximum Gasteiger partial charge on any atom is 0.230 e. The third-order valence-electron chi connectivity index (χ3n) is 3.63. The molecule has 0 spiro atoms. The molecule has 3 rings (SSSR count). The van der Waals surface area contributed by atoms with Gasteiger partial charge in [0.05, 0.1) is 11.8 Å². The molecular weight excluding hydrogens is 356 g/mol. The number of rotatable bonds is 6. The highest BCUT2D eigenvalue weighted by molar-refractivity contribution is 7.99. The van der Waals surface area contributed by atoms with Gasteiger partial charge in [-0.25, -0.2) is 0 Å². The van der Waals surface area contributed by atoms with Gasteiger partial charge in [-0.05, 0) is 30.7 Å². The van der Waals surface area contributed by atoms with Crippen LogP contribution in [-0.4, -0.2) is 26.4 Å². The highest BCUT2D eigenvalue weighted by atomic mass is 35.5. The number of para-hydroxylation sites is 1. The van der Waals surface area contributed by atoms with Gasteiger partial charge < -0.3 is 5.32 Å². The first kappa shape index (κ1) is 17.5. The SMILES string of the molecule is C[C@@H](NC(=O)CSc1nncn1-c1ccccc1)c1ccccc1Cl. The second kappa shape index (κ2) is 8.18. The van der Waals surface area contributed by atoms with Gasteiger partial charge in [0.1, 0.15) is 6.33 Å². The smallest absolute Gasteiger partial charge is 0.230 e. The van der Waals surface area contributed by atoms with Crippen molar-refractivity contribution < 1.29 is 4.79 Å². The van der Waals surface area contributed by atoms with Crippen molar-refractivity contribution in [2.75, 3.05) is 5.75 Å². The van der Waals surface area contributed by atoms with Crippen molar-refractivity contribution >= 4 is 29.3 Å². The lowest BCUT2D eigenvalue weighted by Crippen LogP contribution is -2.28. The van der Waals surface area contributed by atoms with Crippen LogP contribution in [0, 0.1) is 0 Å². The fourth-order valence-electron chi connectivity index (χ4n) is 2.41. The molecule has 1 amide bonds. The van der Waals surface area contributed by atoms with Crippen LogP contribution in [0.1, 0.15) is 18.5 Å². The van der Waals surface area contributed by atoms with Gasteiger partial charge in [-0.1, -0.05) is 59.8 Å². The molecule has 0 radical (unpaired) electrons. The lowest BCUT2D eigenvalue weighted by Gasteiger charge is -2.15. The number of halogens is 1. The van der Waals surface area contributed by atoms with Crippen LogP contribution in [0.25, 0.3) is 5.69 Å². The summed E-state index contributed by atoms with van der Waals surface area (Å²) in [5.74, 6) is 0.167. The summed E-state index contributed by atoms with van der Waals surface area (Å²) in [4.78, 5) is 12.2. The number of hydrogen-bond acceptors (Lipinski definition) is 4. The summed E-state index contributed by atoms with van der Waals surface area (Å²) in [5, 5.41) is 12.3. The number of nitrogens with zero attached hydrogens (tertiary/aromatic N) is 3. The van der Waals surface area contributed by atoms with Crippen molar-refractivity contribution in [1.29, 1.82) is 0 Å². The zero-order valence-electron chi connectivity index (χ0n) is 13.6. The largest absolute Gasteiger partial charge is 0.349 e. The van der Waals surface area contributed by atoms with E-state index in [0.29, 0.717) is 10.2 Å². The molecule has 0 aliphatic carbocycles. The van der Waals surface area contributed by atoms with Gasteiger partial charge in [0.15, 0.2) is 5.16 Å². The molecule has 0 aliphatic rings. The molecule has 3 aromatic rings. The van der Waals surface area contributed by atoms with Crippen molar-refractivity contribution in [3.05, 3.63) is 71.5 Å². The summed E-state index contributed by atoms with van der Waals surface area (Å²) in [6.45, 7) is 1.91. The van der Waals surface area contributed by atoms with Crippen molar-refractivity contribution in [3.63, 3.8) is 0 Å². The molecule has 1 aromatic heterocycles. The van der Waals surface area contributed by atoms with Crippen LogP contribution >= 0.6 is 23.4 Å². The molecule has 1 atom stereocenters. The van der Waals surface area contributed by atoms with Crippen LogP contribution in [0.2, 0.25) is 5.02 Å². The van der Waals surface area contributed by atoms with Crippen LogP contribution < -0.4 is 5.32 Å². The highest BCUT2D eigenvalue weighted by Gasteiger charge is 2.14. The molecule has 0 bridgehead atoms. The second-order valence-corrected chi connectivity index (χ2v) is 6.77. The molecule has 7 heteroatoms. The zero-order valence-corrected chi connectivity index (χ0v) is 15.2. The molecular formula is C18H17ClN4OS. The maximum absolute atomic E-state index is 12.2. The minimum Gasteiger partial charge on any atom is -0.349 e. The summed E-state index contributed by atoms with van der Waals surface area (Å²) in [6, 6.07) is 17.1. The van der Waals surface area contributed by atoms with Crippen molar-refractivity contribution in [2.24, 2.45) is 0 Å². The molecule has 1 N–H and O–H groups in total. The Bertz CT molecular complexity index is 853. The van der Waals surface area contributed by atoms with Crippen molar-refractivity contribution in [2.45, 2.75) is 18.1 Å². The molecule has 0 saturated heterocycles. The summed E-state index contributed by atoms with van der Waals surface area (Å²) >= 11 is 7.51. The highest BCUT2D eigenvalue weighted by Crippen LogP contribution is 2.23. The minimum absolute atomic E-state index is 0.0833. The minimum atomic E-state index is -0.159. The first-order valence-corrected chi connectivity index (χ1v) is 9.13. The van der Waals surface area contributed by atoms with E-state index in [0.717, 1.165) is 11.3 Å². The Morgan fingerprint density at radius 1 is 1.20 bits per heavy atom. The number of aromatic nitrogens is 3. The molecule has 1 heterocycles. The van der Waals surface area contributed by atoms with Crippen LogP contribution in [0.3, 0.4) is 0 Å². The van der Waals surface area contributed by atoms with E-state index in [4.69, 9.17) is 11.6 Å². The van der Waals surface area contributed by atoms with Gasteiger partial charge in [0.25, 0.3) is 0 Å². The molecule has 0 fully saturated rings. The summed E-state index contributed by atoms with van der Waals surface area (Å²) < 4.78 is 1.86. The fraction of sp³-hybridized carbons (Fsp3) is 0.167. The molecule has 0 saturated carbocycles. The third-order valence-corrected chi connectivity index (χ3v) is 4.92. The second-order valence-electron chi connectivity index (χ2n) is 5.42. The third kappa shape index (κ3) is 4.41. The van der Waals surface area contributed by atoms with Crippen molar-refractivity contribution in [3.8, 4) is 5.69 Å². The summed E-state index contributed by atoms with van der Waals surface area (Å²) in [5.41, 5.74) is 1.86. The number of thioether (sulfide) groups is 1. The quantitative estimate of drug-likeness (QED) is 0.667. The van der Waals surface area contributed by atoms with Gasteiger partial charge in [-0.3, -0.25) is 9.36 Å². The molecule has 0 unspecified atom stereocenters. The van der Waals surface area contributed by atoms with E-state index in [1.807, 2.05) is 66.1 Å². The Balaban J connectivity index is 1.60. The predicted octanol–water partition coefficient (Wildman–Crippen LogP) is 3.89. The molecule has 25 heavy (non-hydrogen) atoms. The van der Waals surface area contributed by atoms with E-state index in [-0.39, 0.29) is 17.7 Å². The fourth-order valence-corrected chi connectivity index (χ4v) is 3.45. The normalized spacial score (nSPS) is 11.9. The van der Waals surface area contributed by atoms with E-state index in [1.54, 1.807) is 6.33 Å². The predicted molar refractivity (Wildman–Crippen MR) is 100 cm³/mol. The average molecular weight is 373 g/mol. The summed E-state index contributed by atoms with van der Waals surface area (Å²) in [6.07, 6.45) is 1.64. The Morgan fingerprint density at radius 2 is 1.92 bits per heavy atom. The summed E-state index contributed by atoms with van der Waals surface area (Å²) in [7, 11) is 0. The van der Waals surface area contributed by atoms with E-state index < -0.39 is 0 Å². The van der Waals surface area contributed by atoms with Gasteiger partial charge >= 0.3 is 0 Å². The maximum atomic E-state index is 12.2. The zero-order chi connectivity index (χ0) is 17.6. The van der Waals surface area contributed by atoms with Gasteiger partial charge in [0, 0.05) is 10.7 Å². The van der Waals surface area contributed by atoms with Gasteiger partial charge in [-0.15, -0.1) is 10.2 Å². The molecule has 2 aromatic carbocycles. The molecule has 128 valence electrons. The van der Waals surface area contributed by atoms with E-state index >= 15 is 0 Å². The Hall–Kier alpha value is -2.31. The Morgan fingerprint density at radius 3 is 2.68 bits per heavy atom. The number of benzene rings is 2. The number of nitrogens with one attached hydrogen (secondary N) is 1. The van der Waals surface area contributed by atoms with Gasteiger partial charge in [0.2, 0.25) is 5.91 Å². The molecule has 5 nitrogen and oxygen atoms in total. The van der Waals surface area contributed by atoms with Crippen LogP contribution in [0.5, 0.6) is 0 Å². The van der Waals surface area contributed by atoms with Gasteiger partial charge in [-0.2, -0.15) is 0 Å². The number of amides is 1. The van der Waals surface area contributed by atoms with E-state index in [9.17, 15) is 4.79 Å². The Kier molecular flexibility index (Phi) is 5.73. The molecule has 0 aliphatic heterocycles. The van der Waals surface area contributed by atoms with Crippen LogP contribution in [-0.2, 0) is 4.79 Å². The average Bonchev–Trinajstić information content (AvgIpc) is 3.09. The van der Waals surface area contributed by atoms with E-state index in [2.05, 4.69) is 15.5 Å². The first-order chi connectivity index (χ1) is 12.1. The topological polar surface area (TPSA) is 59.8 Å². The first-order valence-electron chi connectivity index (χ1n) is 7.77. The van der Waals surface area contributed by atoms with Crippen molar-refractivity contribution in [1.82, 2.24) is 20.1 Å². The lowest BCUT2D eigenvalue weighted by molar-refractivity contribution is -0.119.